The van der Waals surface area contributed by atoms with Gasteiger partial charge in [0.05, 0.1) is 5.69 Å². The molecule has 146 valence electrons. The van der Waals surface area contributed by atoms with Gasteiger partial charge in [0.1, 0.15) is 15.5 Å². The smallest absolute Gasteiger partial charge is 0.342 e. The molecule has 0 aliphatic heterocycles. The van der Waals surface area contributed by atoms with E-state index in [4.69, 9.17) is 19.8 Å². The van der Waals surface area contributed by atoms with Crippen molar-refractivity contribution >= 4 is 31.6 Å². The maximum absolute atomic E-state index is 12.6. The van der Waals surface area contributed by atoms with Crippen LogP contribution in [-0.4, -0.2) is 16.8 Å². The van der Waals surface area contributed by atoms with Crippen molar-refractivity contribution in [2.75, 3.05) is 11.5 Å². The van der Waals surface area contributed by atoms with Crippen molar-refractivity contribution in [3.8, 4) is 11.5 Å². The zero-order chi connectivity index (χ0) is 20.4. The fourth-order valence-electron chi connectivity index (χ4n) is 2.33. The SMILES string of the molecule is Nc1ccc(S(=O)(=O)Oc2ccccc2S(=O)(=O)Oc2ccccc2)c(N)c1. The predicted octanol–water partition coefficient (Wildman–Crippen LogP) is 2.39. The Morgan fingerprint density at radius 2 is 1.25 bits per heavy atom. The summed E-state index contributed by atoms with van der Waals surface area (Å²) in [5.74, 6) is -0.349. The highest BCUT2D eigenvalue weighted by molar-refractivity contribution is 7.88. The van der Waals surface area contributed by atoms with Crippen molar-refractivity contribution in [1.29, 1.82) is 0 Å². The molecular formula is C18H16N2O6S2. The van der Waals surface area contributed by atoms with E-state index in [0.29, 0.717) is 0 Å². The molecule has 3 rings (SSSR count). The van der Waals surface area contributed by atoms with Crippen LogP contribution in [0.5, 0.6) is 11.5 Å². The Labute approximate surface area is 162 Å². The molecule has 0 saturated heterocycles. The summed E-state index contributed by atoms with van der Waals surface area (Å²) < 4.78 is 60.5. The molecule has 0 unspecified atom stereocenters. The predicted molar refractivity (Wildman–Crippen MR) is 104 cm³/mol. The van der Waals surface area contributed by atoms with E-state index in [1.807, 2.05) is 0 Å². The van der Waals surface area contributed by atoms with Crippen molar-refractivity contribution in [3.05, 3.63) is 72.8 Å². The number of para-hydroxylation sites is 2. The van der Waals surface area contributed by atoms with Crippen molar-refractivity contribution in [2.45, 2.75) is 9.79 Å². The lowest BCUT2D eigenvalue weighted by molar-refractivity contribution is 0.465. The first-order valence-electron chi connectivity index (χ1n) is 7.87. The van der Waals surface area contributed by atoms with Crippen LogP contribution in [0.3, 0.4) is 0 Å². The zero-order valence-electron chi connectivity index (χ0n) is 14.3. The highest BCUT2D eigenvalue weighted by Gasteiger charge is 2.27. The van der Waals surface area contributed by atoms with E-state index >= 15 is 0 Å². The minimum atomic E-state index is -4.42. The standard InChI is InChI=1S/C18H16N2O6S2/c19-13-10-11-17(15(20)12-13)27(21,22)26-16-8-4-5-9-18(16)28(23,24)25-14-6-2-1-3-7-14/h1-12H,19-20H2. The van der Waals surface area contributed by atoms with Gasteiger partial charge in [0.25, 0.3) is 0 Å². The Balaban J connectivity index is 1.98. The lowest BCUT2D eigenvalue weighted by Gasteiger charge is -2.13. The largest absolute Gasteiger partial charge is 0.399 e. The van der Waals surface area contributed by atoms with E-state index in [1.54, 1.807) is 18.2 Å². The molecule has 10 heteroatoms. The van der Waals surface area contributed by atoms with Gasteiger partial charge in [-0.15, -0.1) is 0 Å². The highest BCUT2D eigenvalue weighted by atomic mass is 32.2. The fourth-order valence-corrected chi connectivity index (χ4v) is 4.49. The normalized spacial score (nSPS) is 11.7. The first kappa shape index (κ1) is 19.5. The Bertz CT molecular complexity index is 1210. The van der Waals surface area contributed by atoms with Gasteiger partial charge in [-0.2, -0.15) is 16.8 Å². The molecule has 3 aromatic rings. The molecule has 0 heterocycles. The summed E-state index contributed by atoms with van der Waals surface area (Å²) in [6, 6.07) is 16.8. The van der Waals surface area contributed by atoms with Crippen LogP contribution in [0.1, 0.15) is 0 Å². The molecule has 0 fully saturated rings. The van der Waals surface area contributed by atoms with E-state index in [0.717, 1.165) is 0 Å². The maximum Gasteiger partial charge on any atom is 0.342 e. The van der Waals surface area contributed by atoms with Crippen LogP contribution in [0, 0.1) is 0 Å². The lowest BCUT2D eigenvalue weighted by atomic mass is 10.3. The summed E-state index contributed by atoms with van der Waals surface area (Å²) in [7, 11) is -8.77. The summed E-state index contributed by atoms with van der Waals surface area (Å²) in [5.41, 5.74) is 11.4. The Morgan fingerprint density at radius 1 is 0.643 bits per heavy atom. The molecule has 0 atom stereocenters. The van der Waals surface area contributed by atoms with Gasteiger partial charge < -0.3 is 19.8 Å². The van der Waals surface area contributed by atoms with Gasteiger partial charge in [0.2, 0.25) is 0 Å². The first-order chi connectivity index (χ1) is 13.2. The molecule has 8 nitrogen and oxygen atoms in total. The Kier molecular flexibility index (Phi) is 5.16. The van der Waals surface area contributed by atoms with Gasteiger partial charge in [0, 0.05) is 5.69 Å². The molecule has 0 spiro atoms. The minimum Gasteiger partial charge on any atom is -0.399 e. The van der Waals surface area contributed by atoms with Gasteiger partial charge in [-0.05, 0) is 42.5 Å². The van der Waals surface area contributed by atoms with Gasteiger partial charge in [0.15, 0.2) is 5.75 Å². The second-order valence-electron chi connectivity index (χ2n) is 5.63. The molecule has 0 saturated carbocycles. The molecule has 3 aromatic carbocycles. The van der Waals surface area contributed by atoms with Crippen molar-refractivity contribution in [2.24, 2.45) is 0 Å². The maximum atomic E-state index is 12.6. The number of hydrogen-bond donors (Lipinski definition) is 2. The summed E-state index contributed by atoms with van der Waals surface area (Å²) in [6.45, 7) is 0. The van der Waals surface area contributed by atoms with Crippen LogP contribution in [-0.2, 0) is 20.2 Å². The van der Waals surface area contributed by atoms with Crippen LogP contribution in [0.4, 0.5) is 11.4 Å². The summed E-state index contributed by atoms with van der Waals surface area (Å²) in [6.07, 6.45) is 0. The molecule has 0 radical (unpaired) electrons. The third-order valence-electron chi connectivity index (χ3n) is 3.57. The molecule has 28 heavy (non-hydrogen) atoms. The average molecular weight is 420 g/mol. The van der Waals surface area contributed by atoms with Crippen LogP contribution in [0.15, 0.2) is 82.6 Å². The van der Waals surface area contributed by atoms with Gasteiger partial charge in [-0.25, -0.2) is 0 Å². The zero-order valence-corrected chi connectivity index (χ0v) is 16.0. The molecular weight excluding hydrogens is 404 g/mol. The van der Waals surface area contributed by atoms with Crippen molar-refractivity contribution in [1.82, 2.24) is 0 Å². The number of rotatable bonds is 6. The molecule has 0 aliphatic rings. The molecule has 0 aliphatic carbocycles. The van der Waals surface area contributed by atoms with Gasteiger partial charge >= 0.3 is 20.2 Å². The summed E-state index contributed by atoms with van der Waals surface area (Å²) in [5, 5.41) is 0. The summed E-state index contributed by atoms with van der Waals surface area (Å²) >= 11 is 0. The minimum absolute atomic E-state index is 0.0722. The molecule has 0 aromatic heterocycles. The monoisotopic (exact) mass is 420 g/mol. The van der Waals surface area contributed by atoms with E-state index in [1.165, 1.54) is 54.6 Å². The van der Waals surface area contributed by atoms with Crippen LogP contribution in [0.25, 0.3) is 0 Å². The average Bonchev–Trinajstić information content (AvgIpc) is 2.62. The lowest BCUT2D eigenvalue weighted by Crippen LogP contribution is -2.16. The third kappa shape index (κ3) is 4.18. The Morgan fingerprint density at radius 3 is 1.93 bits per heavy atom. The number of nitrogen functional groups attached to an aromatic ring is 2. The van der Waals surface area contributed by atoms with Crippen LogP contribution >= 0.6 is 0 Å². The fraction of sp³-hybridized carbons (Fsp3) is 0. The van der Waals surface area contributed by atoms with E-state index in [2.05, 4.69) is 0 Å². The van der Waals surface area contributed by atoms with Gasteiger partial charge in [-0.3, -0.25) is 0 Å². The quantitative estimate of drug-likeness (QED) is 0.458. The number of nitrogens with two attached hydrogens (primary N) is 2. The Hall–Kier alpha value is -3.24. The number of hydrogen-bond acceptors (Lipinski definition) is 8. The number of anilines is 2. The third-order valence-corrected chi connectivity index (χ3v) is 6.17. The van der Waals surface area contributed by atoms with E-state index in [-0.39, 0.29) is 22.0 Å². The first-order valence-corrected chi connectivity index (χ1v) is 10.7. The van der Waals surface area contributed by atoms with E-state index < -0.39 is 30.9 Å². The topological polar surface area (TPSA) is 139 Å². The van der Waals surface area contributed by atoms with Crippen LogP contribution < -0.4 is 19.8 Å². The van der Waals surface area contributed by atoms with Crippen LogP contribution in [0.2, 0.25) is 0 Å². The molecule has 0 bridgehead atoms. The van der Waals surface area contributed by atoms with Crippen molar-refractivity contribution < 1.29 is 25.2 Å². The molecule has 4 N–H and O–H groups in total. The number of benzene rings is 3. The highest BCUT2D eigenvalue weighted by Crippen LogP contribution is 2.30. The van der Waals surface area contributed by atoms with Gasteiger partial charge in [-0.1, -0.05) is 30.3 Å². The summed E-state index contributed by atoms with van der Waals surface area (Å²) in [4.78, 5) is -0.783. The second kappa shape index (κ2) is 7.41. The van der Waals surface area contributed by atoms with Crippen molar-refractivity contribution in [3.63, 3.8) is 0 Å². The molecule has 0 amide bonds. The van der Waals surface area contributed by atoms with E-state index in [9.17, 15) is 16.8 Å². The second-order valence-corrected chi connectivity index (χ2v) is 8.66.